The van der Waals surface area contributed by atoms with Crippen LogP contribution in [0.2, 0.25) is 5.02 Å². The summed E-state index contributed by atoms with van der Waals surface area (Å²) >= 11 is 6.15. The van der Waals surface area contributed by atoms with Crippen molar-refractivity contribution in [1.82, 2.24) is 15.5 Å². The van der Waals surface area contributed by atoms with Crippen LogP contribution in [0.3, 0.4) is 0 Å². The molecule has 1 heterocycles. The zero-order valence-electron chi connectivity index (χ0n) is 15.3. The summed E-state index contributed by atoms with van der Waals surface area (Å²) in [6.45, 7) is 8.80. The second-order valence-electron chi connectivity index (χ2n) is 6.52. The largest absolute Gasteiger partial charge is 0.386 e. The van der Waals surface area contributed by atoms with E-state index in [2.05, 4.69) is 27.4 Å². The number of piperidine rings is 1. The van der Waals surface area contributed by atoms with Crippen LogP contribution in [0.5, 0.6) is 0 Å². The van der Waals surface area contributed by atoms with Crippen molar-refractivity contribution in [2.24, 2.45) is 4.99 Å². The fourth-order valence-corrected chi connectivity index (χ4v) is 3.41. The van der Waals surface area contributed by atoms with Gasteiger partial charge in [0.15, 0.2) is 5.96 Å². The van der Waals surface area contributed by atoms with E-state index in [-0.39, 0.29) is 6.54 Å². The van der Waals surface area contributed by atoms with E-state index in [0.29, 0.717) is 11.1 Å². The van der Waals surface area contributed by atoms with Crippen LogP contribution in [0.25, 0.3) is 0 Å². The van der Waals surface area contributed by atoms with Crippen LogP contribution >= 0.6 is 11.6 Å². The molecule has 0 bridgehead atoms. The summed E-state index contributed by atoms with van der Waals surface area (Å²) in [4.78, 5) is 7.07. The molecule has 5 nitrogen and oxygen atoms in total. The topological polar surface area (TPSA) is 59.9 Å². The average molecular weight is 367 g/mol. The Labute approximate surface area is 156 Å². The van der Waals surface area contributed by atoms with E-state index < -0.39 is 6.10 Å². The quantitative estimate of drug-likeness (QED) is 0.513. The Balaban J connectivity index is 1.89. The highest BCUT2D eigenvalue weighted by molar-refractivity contribution is 6.31. The number of aliphatic imine (C=N–C) groups is 1. The van der Waals surface area contributed by atoms with Crippen molar-refractivity contribution in [2.75, 3.05) is 32.7 Å². The van der Waals surface area contributed by atoms with Gasteiger partial charge in [-0.15, -0.1) is 0 Å². The number of hydrogen-bond acceptors (Lipinski definition) is 3. The fraction of sp³-hybridized carbons (Fsp3) is 0.632. The molecule has 0 radical (unpaired) electrons. The Morgan fingerprint density at radius 1 is 1.32 bits per heavy atom. The van der Waals surface area contributed by atoms with Crippen molar-refractivity contribution in [3.8, 4) is 0 Å². The zero-order chi connectivity index (χ0) is 18.1. The van der Waals surface area contributed by atoms with E-state index in [1.807, 2.05) is 25.1 Å². The maximum absolute atomic E-state index is 10.4. The minimum Gasteiger partial charge on any atom is -0.386 e. The van der Waals surface area contributed by atoms with E-state index in [1.165, 1.54) is 13.0 Å². The number of likely N-dealkylation sites (tertiary alicyclic amines) is 1. The van der Waals surface area contributed by atoms with Gasteiger partial charge >= 0.3 is 0 Å². The molecule has 6 heteroatoms. The van der Waals surface area contributed by atoms with Gasteiger partial charge in [-0.3, -0.25) is 4.99 Å². The number of nitrogens with one attached hydrogen (secondary N) is 2. The first kappa shape index (κ1) is 20.0. The number of hydrogen-bond donors (Lipinski definition) is 3. The molecule has 1 unspecified atom stereocenters. The third-order valence-corrected chi connectivity index (χ3v) is 4.84. The van der Waals surface area contributed by atoms with Gasteiger partial charge in [0, 0.05) is 36.3 Å². The number of benzene rings is 1. The fourth-order valence-electron chi connectivity index (χ4n) is 3.15. The van der Waals surface area contributed by atoms with Crippen LogP contribution in [0.15, 0.2) is 29.3 Å². The minimum atomic E-state index is -0.699. The lowest BCUT2D eigenvalue weighted by Crippen LogP contribution is -2.48. The van der Waals surface area contributed by atoms with Crippen LogP contribution < -0.4 is 10.6 Å². The molecule has 1 atom stereocenters. The molecule has 25 heavy (non-hydrogen) atoms. The number of aliphatic hydroxyl groups excluding tert-OH is 1. The molecule has 0 aromatic heterocycles. The van der Waals surface area contributed by atoms with Gasteiger partial charge in [0.25, 0.3) is 0 Å². The van der Waals surface area contributed by atoms with Gasteiger partial charge in [-0.25, -0.2) is 0 Å². The third-order valence-electron chi connectivity index (χ3n) is 4.50. The Hall–Kier alpha value is -1.30. The number of halogens is 1. The van der Waals surface area contributed by atoms with Crippen molar-refractivity contribution in [3.05, 3.63) is 34.9 Å². The first-order valence-corrected chi connectivity index (χ1v) is 9.71. The highest BCUT2D eigenvalue weighted by Crippen LogP contribution is 2.22. The number of rotatable bonds is 7. The molecule has 1 aliphatic heterocycles. The summed E-state index contributed by atoms with van der Waals surface area (Å²) in [6.07, 6.45) is 2.76. The van der Waals surface area contributed by atoms with Gasteiger partial charge in [-0.1, -0.05) is 36.7 Å². The molecule has 1 saturated heterocycles. The molecular formula is C19H31ClN4O. The molecule has 0 amide bonds. The average Bonchev–Trinajstić information content (AvgIpc) is 2.62. The van der Waals surface area contributed by atoms with Crippen LogP contribution in [-0.2, 0) is 0 Å². The number of aliphatic hydroxyl groups is 1. The van der Waals surface area contributed by atoms with Crippen molar-refractivity contribution in [2.45, 2.75) is 45.3 Å². The Morgan fingerprint density at radius 2 is 2.04 bits per heavy atom. The van der Waals surface area contributed by atoms with Crippen molar-refractivity contribution in [1.29, 1.82) is 0 Å². The van der Waals surface area contributed by atoms with Gasteiger partial charge < -0.3 is 20.6 Å². The summed E-state index contributed by atoms with van der Waals surface area (Å²) in [7, 11) is 0. The molecule has 1 aromatic rings. The predicted octanol–water partition coefficient (Wildman–Crippen LogP) is 2.80. The first-order valence-electron chi connectivity index (χ1n) is 9.33. The molecular weight excluding hydrogens is 336 g/mol. The van der Waals surface area contributed by atoms with E-state index in [1.54, 1.807) is 6.07 Å². The molecule has 2 rings (SSSR count). The van der Waals surface area contributed by atoms with E-state index in [0.717, 1.165) is 44.0 Å². The maximum atomic E-state index is 10.4. The lowest BCUT2D eigenvalue weighted by atomic mass is 10.1. The van der Waals surface area contributed by atoms with Crippen LogP contribution in [0.1, 0.15) is 44.8 Å². The second-order valence-corrected chi connectivity index (χ2v) is 6.92. The highest BCUT2D eigenvalue weighted by atomic mass is 35.5. The van der Waals surface area contributed by atoms with Gasteiger partial charge in [0.05, 0.1) is 6.54 Å². The molecule has 0 aliphatic carbocycles. The summed E-state index contributed by atoms with van der Waals surface area (Å²) < 4.78 is 0. The SMILES string of the molecule is CCCN1CCC(NC(=NCC(O)c2ccccc2Cl)NCC)CC1. The Kier molecular flexibility index (Phi) is 8.52. The number of nitrogens with zero attached hydrogens (tertiary/aromatic N) is 2. The molecule has 1 fully saturated rings. The standard InChI is InChI=1S/C19H31ClN4O/c1-3-11-24-12-9-15(10-13-24)23-19(21-4-2)22-14-18(25)16-7-5-6-8-17(16)20/h5-8,15,18,25H,3-4,9-14H2,1-2H3,(H2,21,22,23). The van der Waals surface area contributed by atoms with E-state index >= 15 is 0 Å². The van der Waals surface area contributed by atoms with Crippen LogP contribution in [-0.4, -0.2) is 54.7 Å². The molecule has 1 aromatic carbocycles. The highest BCUT2D eigenvalue weighted by Gasteiger charge is 2.19. The molecule has 0 spiro atoms. The maximum Gasteiger partial charge on any atom is 0.191 e. The van der Waals surface area contributed by atoms with Gasteiger partial charge in [-0.2, -0.15) is 0 Å². The summed E-state index contributed by atoms with van der Waals surface area (Å²) in [5.74, 6) is 0.766. The minimum absolute atomic E-state index is 0.285. The molecule has 1 aliphatic rings. The van der Waals surface area contributed by atoms with Gasteiger partial charge in [0.1, 0.15) is 6.10 Å². The smallest absolute Gasteiger partial charge is 0.191 e. The Morgan fingerprint density at radius 3 is 2.68 bits per heavy atom. The van der Waals surface area contributed by atoms with Crippen molar-refractivity contribution in [3.63, 3.8) is 0 Å². The first-order chi connectivity index (χ1) is 12.1. The molecule has 0 saturated carbocycles. The second kappa shape index (κ2) is 10.6. The summed E-state index contributed by atoms with van der Waals surface area (Å²) in [6, 6.07) is 7.80. The third kappa shape index (κ3) is 6.49. The van der Waals surface area contributed by atoms with Crippen LogP contribution in [0, 0.1) is 0 Å². The van der Waals surface area contributed by atoms with Crippen molar-refractivity contribution < 1.29 is 5.11 Å². The molecule has 3 N–H and O–H groups in total. The lowest BCUT2D eigenvalue weighted by Gasteiger charge is -2.32. The monoisotopic (exact) mass is 366 g/mol. The van der Waals surface area contributed by atoms with Crippen molar-refractivity contribution >= 4 is 17.6 Å². The lowest BCUT2D eigenvalue weighted by molar-refractivity contribution is 0.186. The number of guanidine groups is 1. The molecule has 140 valence electrons. The zero-order valence-corrected chi connectivity index (χ0v) is 16.1. The van der Waals surface area contributed by atoms with Gasteiger partial charge in [0.2, 0.25) is 0 Å². The summed E-state index contributed by atoms with van der Waals surface area (Å²) in [5.41, 5.74) is 0.719. The van der Waals surface area contributed by atoms with Crippen LogP contribution in [0.4, 0.5) is 0 Å². The van der Waals surface area contributed by atoms with E-state index in [4.69, 9.17) is 11.6 Å². The predicted molar refractivity (Wildman–Crippen MR) is 105 cm³/mol. The van der Waals surface area contributed by atoms with E-state index in [9.17, 15) is 5.11 Å². The van der Waals surface area contributed by atoms with Gasteiger partial charge in [-0.05, 0) is 38.8 Å². The Bertz CT molecular complexity index is 544. The summed E-state index contributed by atoms with van der Waals surface area (Å²) in [5, 5.41) is 17.7. The normalized spacial score (nSPS) is 18.2.